The fourth-order valence-electron chi connectivity index (χ4n) is 1.64. The van der Waals surface area contributed by atoms with E-state index in [-0.39, 0.29) is 24.2 Å². The van der Waals surface area contributed by atoms with E-state index in [4.69, 9.17) is 5.73 Å². The Balaban J connectivity index is 2.03. The number of para-hydroxylation sites is 2. The maximum Gasteiger partial charge on any atom is 0.229 e. The van der Waals surface area contributed by atoms with Gasteiger partial charge in [0.1, 0.15) is 0 Å². The van der Waals surface area contributed by atoms with Gasteiger partial charge < -0.3 is 16.4 Å². The average molecular weight is 219 g/mol. The van der Waals surface area contributed by atoms with Crippen LogP contribution in [0.4, 0.5) is 11.4 Å². The van der Waals surface area contributed by atoms with Crippen molar-refractivity contribution in [1.82, 2.24) is 5.32 Å². The summed E-state index contributed by atoms with van der Waals surface area (Å²) in [5.41, 5.74) is 6.81. The highest BCUT2D eigenvalue weighted by molar-refractivity contribution is 5.98. The first-order valence-electron chi connectivity index (χ1n) is 5.09. The van der Waals surface area contributed by atoms with E-state index in [2.05, 4.69) is 10.6 Å². The lowest BCUT2D eigenvalue weighted by Gasteiger charge is -2.10. The number of hydrogen-bond donors (Lipinski definition) is 3. The lowest BCUT2D eigenvalue weighted by Crippen LogP contribution is -2.25. The van der Waals surface area contributed by atoms with Crippen molar-refractivity contribution in [2.45, 2.75) is 6.42 Å². The van der Waals surface area contributed by atoms with Gasteiger partial charge in [-0.15, -0.1) is 0 Å². The summed E-state index contributed by atoms with van der Waals surface area (Å²) in [7, 11) is 0. The minimum atomic E-state index is -0.299. The molecular formula is C11H13N3O2. The normalized spacial score (nSPS) is 19.2. The first-order chi connectivity index (χ1) is 7.66. The molecule has 5 heteroatoms. The van der Waals surface area contributed by atoms with E-state index in [0.717, 1.165) is 0 Å². The van der Waals surface area contributed by atoms with Crippen molar-refractivity contribution in [3.63, 3.8) is 0 Å². The Hall–Kier alpha value is -2.04. The minimum absolute atomic E-state index is 0.0822. The molecule has 5 nitrogen and oxygen atoms in total. The predicted octanol–water partition coefficient (Wildman–Crippen LogP) is 0.343. The molecule has 1 fully saturated rings. The van der Waals surface area contributed by atoms with Crippen LogP contribution < -0.4 is 16.4 Å². The Morgan fingerprint density at radius 1 is 1.44 bits per heavy atom. The summed E-state index contributed by atoms with van der Waals surface area (Å²) in [4.78, 5) is 22.7. The van der Waals surface area contributed by atoms with Crippen LogP contribution in [0.25, 0.3) is 0 Å². The summed E-state index contributed by atoms with van der Waals surface area (Å²) >= 11 is 0. The van der Waals surface area contributed by atoms with Crippen LogP contribution >= 0.6 is 0 Å². The molecule has 1 saturated heterocycles. The van der Waals surface area contributed by atoms with E-state index in [1.807, 2.05) is 0 Å². The van der Waals surface area contributed by atoms with Gasteiger partial charge in [0, 0.05) is 13.0 Å². The van der Waals surface area contributed by atoms with Crippen molar-refractivity contribution in [2.24, 2.45) is 5.92 Å². The number of carbonyl (C=O) groups is 2. The minimum Gasteiger partial charge on any atom is -0.397 e. The second-order valence-electron chi connectivity index (χ2n) is 3.78. The molecule has 1 aliphatic rings. The van der Waals surface area contributed by atoms with Crippen LogP contribution in [-0.4, -0.2) is 18.4 Å². The van der Waals surface area contributed by atoms with Gasteiger partial charge in [0.15, 0.2) is 0 Å². The van der Waals surface area contributed by atoms with E-state index in [0.29, 0.717) is 17.9 Å². The van der Waals surface area contributed by atoms with Gasteiger partial charge in [-0.05, 0) is 12.1 Å². The smallest absolute Gasteiger partial charge is 0.229 e. The molecule has 16 heavy (non-hydrogen) atoms. The summed E-state index contributed by atoms with van der Waals surface area (Å²) < 4.78 is 0. The molecule has 1 aromatic carbocycles. The Bertz CT molecular complexity index is 431. The van der Waals surface area contributed by atoms with E-state index in [1.54, 1.807) is 24.3 Å². The molecule has 2 amide bonds. The molecule has 0 saturated carbocycles. The lowest BCUT2D eigenvalue weighted by atomic mass is 10.1. The molecule has 0 bridgehead atoms. The fourth-order valence-corrected chi connectivity index (χ4v) is 1.64. The second-order valence-corrected chi connectivity index (χ2v) is 3.78. The summed E-state index contributed by atoms with van der Waals surface area (Å²) in [6.07, 6.45) is 0.249. The van der Waals surface area contributed by atoms with Crippen LogP contribution in [0.2, 0.25) is 0 Å². The molecule has 1 aliphatic heterocycles. The molecule has 0 aromatic heterocycles. The van der Waals surface area contributed by atoms with Crippen molar-refractivity contribution < 1.29 is 9.59 Å². The predicted molar refractivity (Wildman–Crippen MR) is 60.6 cm³/mol. The Morgan fingerprint density at radius 2 is 2.19 bits per heavy atom. The van der Waals surface area contributed by atoms with Crippen molar-refractivity contribution in [2.75, 3.05) is 17.6 Å². The van der Waals surface area contributed by atoms with Crippen molar-refractivity contribution >= 4 is 23.2 Å². The fraction of sp³-hybridized carbons (Fsp3) is 0.273. The summed E-state index contributed by atoms with van der Waals surface area (Å²) in [5.74, 6) is -0.551. The van der Waals surface area contributed by atoms with Gasteiger partial charge in [0.25, 0.3) is 0 Å². The van der Waals surface area contributed by atoms with Gasteiger partial charge >= 0.3 is 0 Å². The zero-order valence-corrected chi connectivity index (χ0v) is 8.69. The van der Waals surface area contributed by atoms with Gasteiger partial charge in [0.2, 0.25) is 11.8 Å². The number of nitrogen functional groups attached to an aromatic ring is 1. The summed E-state index contributed by atoms with van der Waals surface area (Å²) in [5, 5.41) is 5.34. The molecule has 4 N–H and O–H groups in total. The molecule has 0 radical (unpaired) electrons. The summed E-state index contributed by atoms with van der Waals surface area (Å²) in [6.45, 7) is 0.400. The highest BCUT2D eigenvalue weighted by Crippen LogP contribution is 2.19. The van der Waals surface area contributed by atoms with E-state index < -0.39 is 0 Å². The van der Waals surface area contributed by atoms with E-state index in [9.17, 15) is 9.59 Å². The zero-order valence-electron chi connectivity index (χ0n) is 8.69. The van der Waals surface area contributed by atoms with Crippen LogP contribution in [-0.2, 0) is 9.59 Å². The quantitative estimate of drug-likeness (QED) is 0.627. The van der Waals surface area contributed by atoms with Gasteiger partial charge in [-0.1, -0.05) is 12.1 Å². The van der Waals surface area contributed by atoms with Crippen LogP contribution in [0.15, 0.2) is 24.3 Å². The molecule has 0 spiro atoms. The third-order valence-corrected chi connectivity index (χ3v) is 2.57. The lowest BCUT2D eigenvalue weighted by molar-refractivity contribution is -0.123. The monoisotopic (exact) mass is 219 g/mol. The van der Waals surface area contributed by atoms with Crippen molar-refractivity contribution in [1.29, 1.82) is 0 Å². The van der Waals surface area contributed by atoms with Crippen molar-refractivity contribution in [3.8, 4) is 0 Å². The summed E-state index contributed by atoms with van der Waals surface area (Å²) in [6, 6.07) is 7.04. The molecule has 1 unspecified atom stereocenters. The number of hydrogen-bond acceptors (Lipinski definition) is 3. The standard InChI is InChI=1S/C11H13N3O2/c12-8-3-1-2-4-9(8)14-11(16)7-5-10(15)13-6-7/h1-4,7H,5-6,12H2,(H,13,15)(H,14,16). The number of benzene rings is 1. The van der Waals surface area contributed by atoms with E-state index >= 15 is 0 Å². The molecule has 84 valence electrons. The maximum atomic E-state index is 11.8. The Labute approximate surface area is 93.0 Å². The number of amides is 2. The molecule has 1 heterocycles. The SMILES string of the molecule is Nc1ccccc1NC(=O)C1CNC(=O)C1. The molecule has 0 aliphatic carbocycles. The first-order valence-corrected chi connectivity index (χ1v) is 5.09. The second kappa shape index (κ2) is 4.22. The third-order valence-electron chi connectivity index (χ3n) is 2.57. The number of carbonyl (C=O) groups excluding carboxylic acids is 2. The largest absolute Gasteiger partial charge is 0.397 e. The topological polar surface area (TPSA) is 84.2 Å². The van der Waals surface area contributed by atoms with E-state index in [1.165, 1.54) is 0 Å². The van der Waals surface area contributed by atoms with Crippen LogP contribution in [0.3, 0.4) is 0 Å². The zero-order chi connectivity index (χ0) is 11.5. The Kier molecular flexibility index (Phi) is 2.76. The average Bonchev–Trinajstić information content (AvgIpc) is 2.68. The number of rotatable bonds is 2. The van der Waals surface area contributed by atoms with Crippen LogP contribution in [0.1, 0.15) is 6.42 Å². The number of nitrogens with two attached hydrogens (primary N) is 1. The maximum absolute atomic E-state index is 11.8. The number of anilines is 2. The van der Waals surface area contributed by atoms with Gasteiger partial charge in [-0.2, -0.15) is 0 Å². The molecule has 1 atom stereocenters. The van der Waals surface area contributed by atoms with Gasteiger partial charge in [-0.25, -0.2) is 0 Å². The Morgan fingerprint density at radius 3 is 2.81 bits per heavy atom. The van der Waals surface area contributed by atoms with Gasteiger partial charge in [-0.3, -0.25) is 9.59 Å². The molecule has 1 aromatic rings. The van der Waals surface area contributed by atoms with Crippen LogP contribution in [0.5, 0.6) is 0 Å². The van der Waals surface area contributed by atoms with Gasteiger partial charge in [0.05, 0.1) is 17.3 Å². The highest BCUT2D eigenvalue weighted by atomic mass is 16.2. The molecular weight excluding hydrogens is 206 g/mol. The van der Waals surface area contributed by atoms with Crippen LogP contribution in [0, 0.1) is 5.92 Å². The molecule has 2 rings (SSSR count). The van der Waals surface area contributed by atoms with Crippen molar-refractivity contribution in [3.05, 3.63) is 24.3 Å². The first kappa shape index (κ1) is 10.5. The third kappa shape index (κ3) is 2.13. The number of nitrogens with one attached hydrogen (secondary N) is 2. The highest BCUT2D eigenvalue weighted by Gasteiger charge is 2.27.